The Labute approximate surface area is 173 Å². The molecule has 4 nitrogen and oxygen atoms in total. The first-order valence-electron chi connectivity index (χ1n) is 9.12. The molecule has 0 atom stereocenters. The lowest BCUT2D eigenvalue weighted by molar-refractivity contribution is -0.112. The van der Waals surface area contributed by atoms with E-state index in [4.69, 9.17) is 0 Å². The van der Waals surface area contributed by atoms with Crippen LogP contribution in [0.4, 0.5) is 0 Å². The van der Waals surface area contributed by atoms with Gasteiger partial charge in [0.2, 0.25) is 0 Å². The molecule has 0 saturated heterocycles. The van der Waals surface area contributed by atoms with Crippen LogP contribution in [-0.4, -0.2) is 21.5 Å². The van der Waals surface area contributed by atoms with Crippen molar-refractivity contribution in [3.05, 3.63) is 63.6 Å². The Bertz CT molecular complexity index is 1000. The molecule has 0 aliphatic heterocycles. The van der Waals surface area contributed by atoms with E-state index in [9.17, 15) is 9.59 Å². The highest BCUT2D eigenvalue weighted by Crippen LogP contribution is 2.31. The number of thiazole rings is 2. The molecule has 2 aromatic heterocycles. The fraction of sp³-hybridized carbons (Fsp3) is 0.273. The zero-order valence-electron chi connectivity index (χ0n) is 16.1. The normalized spacial score (nSPS) is 11.4. The van der Waals surface area contributed by atoms with Crippen molar-refractivity contribution in [2.24, 2.45) is 5.92 Å². The van der Waals surface area contributed by atoms with E-state index in [1.54, 1.807) is 23.6 Å². The molecule has 144 valence electrons. The highest BCUT2D eigenvalue weighted by atomic mass is 32.1. The molecule has 0 bridgehead atoms. The number of benzene rings is 1. The molecular formula is C22H22N2O2S2. The average molecular weight is 411 g/mol. The number of Topliss-reactive ketones (excluding diaryl/α,β-unsaturated/α-hetero) is 1. The predicted octanol–water partition coefficient (Wildman–Crippen LogP) is 5.49. The van der Waals surface area contributed by atoms with Gasteiger partial charge in [-0.1, -0.05) is 44.2 Å². The maximum Gasteiger partial charge on any atom is 0.186 e. The van der Waals surface area contributed by atoms with Crippen LogP contribution in [0.15, 0.2) is 41.9 Å². The SMILES string of the molecule is CC(=O)/C=C/c1cccc(CC(=O)c2nc(-c3nccs3)sc2CC(C)C)c1. The molecule has 6 heteroatoms. The standard InChI is InChI=1S/C22H22N2O2S2/c1-14(2)11-19-20(24-22(28-19)21-23-9-10-27-21)18(26)13-17-6-4-5-16(12-17)8-7-15(3)25/h4-10,12,14H,11,13H2,1-3H3/b8-7+. The van der Waals surface area contributed by atoms with Gasteiger partial charge >= 0.3 is 0 Å². The van der Waals surface area contributed by atoms with Crippen LogP contribution in [0.25, 0.3) is 16.1 Å². The zero-order valence-corrected chi connectivity index (χ0v) is 17.8. The molecule has 0 fully saturated rings. The van der Waals surface area contributed by atoms with Crippen molar-refractivity contribution in [1.29, 1.82) is 0 Å². The third kappa shape index (κ3) is 5.30. The summed E-state index contributed by atoms with van der Waals surface area (Å²) in [6.07, 6.45) is 6.16. The molecule has 3 aromatic rings. The second-order valence-electron chi connectivity index (χ2n) is 7.02. The number of hydrogen-bond acceptors (Lipinski definition) is 6. The molecule has 28 heavy (non-hydrogen) atoms. The van der Waals surface area contributed by atoms with Crippen LogP contribution in [0.3, 0.4) is 0 Å². The minimum Gasteiger partial charge on any atom is -0.295 e. The second-order valence-corrected chi connectivity index (χ2v) is 8.99. The molecule has 1 aromatic carbocycles. The molecule has 2 heterocycles. The number of rotatable bonds is 8. The van der Waals surface area contributed by atoms with Gasteiger partial charge in [-0.3, -0.25) is 9.59 Å². The van der Waals surface area contributed by atoms with Gasteiger partial charge in [0, 0.05) is 22.9 Å². The van der Waals surface area contributed by atoms with E-state index in [-0.39, 0.29) is 18.0 Å². The smallest absolute Gasteiger partial charge is 0.186 e. The van der Waals surface area contributed by atoms with E-state index in [1.165, 1.54) is 24.3 Å². The fourth-order valence-corrected chi connectivity index (χ4v) is 4.76. The van der Waals surface area contributed by atoms with Crippen LogP contribution >= 0.6 is 22.7 Å². The molecule has 0 N–H and O–H groups in total. The Kier molecular flexibility index (Phi) is 6.65. The van der Waals surface area contributed by atoms with Crippen LogP contribution < -0.4 is 0 Å². The molecule has 0 aliphatic carbocycles. The van der Waals surface area contributed by atoms with Gasteiger partial charge in [-0.2, -0.15) is 0 Å². The summed E-state index contributed by atoms with van der Waals surface area (Å²) in [6, 6.07) is 7.69. The van der Waals surface area contributed by atoms with Crippen molar-refractivity contribution < 1.29 is 9.59 Å². The third-order valence-corrected chi connectivity index (χ3v) is 5.99. The Morgan fingerprint density at radius 3 is 2.71 bits per heavy atom. The third-order valence-electron chi connectivity index (χ3n) is 4.00. The lowest BCUT2D eigenvalue weighted by Crippen LogP contribution is -2.08. The molecule has 0 saturated carbocycles. The van der Waals surface area contributed by atoms with Crippen molar-refractivity contribution >= 4 is 40.3 Å². The summed E-state index contributed by atoms with van der Waals surface area (Å²) >= 11 is 3.10. The lowest BCUT2D eigenvalue weighted by Gasteiger charge is -2.05. The van der Waals surface area contributed by atoms with Crippen LogP contribution in [0.2, 0.25) is 0 Å². The number of hydrogen-bond donors (Lipinski definition) is 0. The van der Waals surface area contributed by atoms with Crippen molar-refractivity contribution in [2.45, 2.75) is 33.6 Å². The molecular weight excluding hydrogens is 388 g/mol. The summed E-state index contributed by atoms with van der Waals surface area (Å²) in [4.78, 5) is 34.2. The number of carbonyl (C=O) groups excluding carboxylic acids is 2. The van der Waals surface area contributed by atoms with Crippen molar-refractivity contribution in [2.75, 3.05) is 0 Å². The molecule has 0 spiro atoms. The van der Waals surface area contributed by atoms with Gasteiger partial charge in [0.15, 0.2) is 21.6 Å². The minimum absolute atomic E-state index is 0.00278. The van der Waals surface area contributed by atoms with Crippen LogP contribution in [-0.2, 0) is 17.6 Å². The van der Waals surface area contributed by atoms with Crippen LogP contribution in [0.1, 0.15) is 47.3 Å². The lowest BCUT2D eigenvalue weighted by atomic mass is 10.0. The quantitative estimate of drug-likeness (QED) is 0.364. The van der Waals surface area contributed by atoms with E-state index in [2.05, 4.69) is 23.8 Å². The van der Waals surface area contributed by atoms with Gasteiger partial charge < -0.3 is 0 Å². The highest BCUT2D eigenvalue weighted by molar-refractivity contribution is 7.20. The van der Waals surface area contributed by atoms with Gasteiger partial charge in [0.1, 0.15) is 5.69 Å². The molecule has 0 radical (unpaired) electrons. The predicted molar refractivity (Wildman–Crippen MR) is 116 cm³/mol. The summed E-state index contributed by atoms with van der Waals surface area (Å²) < 4.78 is 0. The number of carbonyl (C=O) groups is 2. The number of ketones is 2. The van der Waals surface area contributed by atoms with E-state index in [0.29, 0.717) is 11.6 Å². The minimum atomic E-state index is -0.00278. The Morgan fingerprint density at radius 1 is 1.21 bits per heavy atom. The first kappa shape index (κ1) is 20.3. The summed E-state index contributed by atoms with van der Waals surface area (Å²) in [5.74, 6) is 0.454. The number of allylic oxidation sites excluding steroid dienone is 1. The monoisotopic (exact) mass is 410 g/mol. The molecule has 0 amide bonds. The molecule has 0 aliphatic rings. The Morgan fingerprint density at radius 2 is 2.04 bits per heavy atom. The summed E-state index contributed by atoms with van der Waals surface area (Å²) in [5.41, 5.74) is 2.38. The summed E-state index contributed by atoms with van der Waals surface area (Å²) in [5, 5.41) is 3.58. The summed E-state index contributed by atoms with van der Waals surface area (Å²) in [6.45, 7) is 5.80. The zero-order chi connectivity index (χ0) is 20.1. The number of nitrogens with zero attached hydrogens (tertiary/aromatic N) is 2. The molecule has 0 unspecified atom stereocenters. The van der Waals surface area contributed by atoms with E-state index >= 15 is 0 Å². The first-order chi connectivity index (χ1) is 13.4. The van der Waals surface area contributed by atoms with Crippen molar-refractivity contribution in [3.8, 4) is 10.0 Å². The van der Waals surface area contributed by atoms with Crippen molar-refractivity contribution in [3.63, 3.8) is 0 Å². The Balaban J connectivity index is 1.85. The fourth-order valence-electron chi connectivity index (χ4n) is 2.79. The maximum atomic E-state index is 13.0. The first-order valence-corrected chi connectivity index (χ1v) is 10.8. The largest absolute Gasteiger partial charge is 0.295 e. The van der Waals surface area contributed by atoms with E-state index < -0.39 is 0 Å². The highest BCUT2D eigenvalue weighted by Gasteiger charge is 2.21. The number of aromatic nitrogens is 2. The van der Waals surface area contributed by atoms with E-state index in [1.807, 2.05) is 29.6 Å². The van der Waals surface area contributed by atoms with Gasteiger partial charge in [-0.15, -0.1) is 22.7 Å². The van der Waals surface area contributed by atoms with Crippen molar-refractivity contribution in [1.82, 2.24) is 9.97 Å². The van der Waals surface area contributed by atoms with E-state index in [0.717, 1.165) is 32.4 Å². The van der Waals surface area contributed by atoms with Gasteiger partial charge in [-0.05, 0) is 36.5 Å². The van der Waals surface area contributed by atoms with Gasteiger partial charge in [0.05, 0.1) is 0 Å². The maximum absolute atomic E-state index is 13.0. The summed E-state index contributed by atoms with van der Waals surface area (Å²) in [7, 11) is 0. The van der Waals surface area contributed by atoms with Gasteiger partial charge in [-0.25, -0.2) is 9.97 Å². The Hall–Kier alpha value is -2.44. The van der Waals surface area contributed by atoms with Gasteiger partial charge in [0.25, 0.3) is 0 Å². The average Bonchev–Trinajstić information content (AvgIpc) is 3.29. The molecule has 3 rings (SSSR count). The topological polar surface area (TPSA) is 59.9 Å². The van der Waals surface area contributed by atoms with Crippen LogP contribution in [0, 0.1) is 5.92 Å². The second kappa shape index (κ2) is 9.17. The van der Waals surface area contributed by atoms with Crippen LogP contribution in [0.5, 0.6) is 0 Å².